The summed E-state index contributed by atoms with van der Waals surface area (Å²) in [6, 6.07) is 6.03. The fourth-order valence-electron chi connectivity index (χ4n) is 2.06. The molecule has 0 amide bonds. The summed E-state index contributed by atoms with van der Waals surface area (Å²) in [6.45, 7) is 8.34. The van der Waals surface area contributed by atoms with Crippen molar-refractivity contribution in [3.63, 3.8) is 0 Å². The molecule has 18 heavy (non-hydrogen) atoms. The Labute approximate surface area is 109 Å². The molecule has 0 heterocycles. The molecule has 0 aliphatic rings. The van der Waals surface area contributed by atoms with Gasteiger partial charge in [-0.1, -0.05) is 19.9 Å². The van der Waals surface area contributed by atoms with Crippen molar-refractivity contribution in [2.45, 2.75) is 34.1 Å². The van der Waals surface area contributed by atoms with Gasteiger partial charge in [-0.25, -0.2) is 0 Å². The first-order valence-corrected chi connectivity index (χ1v) is 6.34. The van der Waals surface area contributed by atoms with E-state index < -0.39 is 5.97 Å². The average molecular weight is 250 g/mol. The fraction of sp³-hybridized carbons (Fsp3) is 0.533. The monoisotopic (exact) mass is 250 g/mol. The van der Waals surface area contributed by atoms with E-state index in [0.29, 0.717) is 13.0 Å². The van der Waals surface area contributed by atoms with Crippen LogP contribution in [-0.4, -0.2) is 17.7 Å². The molecule has 0 spiro atoms. The molecule has 1 aromatic carbocycles. The number of carboxylic acids is 1. The van der Waals surface area contributed by atoms with Gasteiger partial charge in [0.25, 0.3) is 0 Å². The minimum atomic E-state index is -0.742. The van der Waals surface area contributed by atoms with Crippen LogP contribution in [0.15, 0.2) is 18.2 Å². The lowest BCUT2D eigenvalue weighted by molar-refractivity contribution is -0.143. The first kappa shape index (κ1) is 14.6. The number of ether oxygens (including phenoxy) is 1. The van der Waals surface area contributed by atoms with E-state index in [-0.39, 0.29) is 11.8 Å². The van der Waals surface area contributed by atoms with Crippen molar-refractivity contribution in [2.24, 2.45) is 11.8 Å². The zero-order chi connectivity index (χ0) is 13.7. The molecule has 1 N–H and O–H groups in total. The van der Waals surface area contributed by atoms with Crippen LogP contribution in [0, 0.1) is 25.7 Å². The molecule has 0 aliphatic heterocycles. The molecule has 0 saturated heterocycles. The lowest BCUT2D eigenvalue weighted by atomic mass is 9.93. The summed E-state index contributed by atoms with van der Waals surface area (Å²) in [5.74, 6) is -0.129. The third-order valence-corrected chi connectivity index (χ3v) is 3.01. The quantitative estimate of drug-likeness (QED) is 0.841. The smallest absolute Gasteiger partial charge is 0.306 e. The maximum Gasteiger partial charge on any atom is 0.306 e. The van der Waals surface area contributed by atoms with E-state index in [9.17, 15) is 4.79 Å². The van der Waals surface area contributed by atoms with Gasteiger partial charge in [0.1, 0.15) is 5.75 Å². The van der Waals surface area contributed by atoms with Crippen molar-refractivity contribution in [1.82, 2.24) is 0 Å². The van der Waals surface area contributed by atoms with E-state index in [1.807, 2.05) is 39.8 Å². The van der Waals surface area contributed by atoms with Crippen LogP contribution in [-0.2, 0) is 4.79 Å². The maximum absolute atomic E-state index is 11.0. The molecule has 1 rings (SSSR count). The largest absolute Gasteiger partial charge is 0.494 e. The summed E-state index contributed by atoms with van der Waals surface area (Å²) >= 11 is 0. The van der Waals surface area contributed by atoms with Crippen LogP contribution in [0.2, 0.25) is 0 Å². The Kier molecular flexibility index (Phi) is 5.20. The van der Waals surface area contributed by atoms with Crippen LogP contribution in [0.4, 0.5) is 0 Å². The van der Waals surface area contributed by atoms with E-state index in [1.54, 1.807) is 0 Å². The summed E-state index contributed by atoms with van der Waals surface area (Å²) < 4.78 is 5.64. The Bertz CT molecular complexity index is 390. The van der Waals surface area contributed by atoms with E-state index in [0.717, 1.165) is 16.9 Å². The number of benzene rings is 1. The minimum Gasteiger partial charge on any atom is -0.494 e. The van der Waals surface area contributed by atoms with Crippen LogP contribution < -0.4 is 4.74 Å². The first-order chi connectivity index (χ1) is 8.40. The predicted molar refractivity (Wildman–Crippen MR) is 72.0 cm³/mol. The zero-order valence-electron chi connectivity index (χ0n) is 11.6. The normalized spacial score (nSPS) is 12.5. The highest BCUT2D eigenvalue weighted by Crippen LogP contribution is 2.19. The molecule has 0 radical (unpaired) electrons. The van der Waals surface area contributed by atoms with Crippen LogP contribution >= 0.6 is 0 Å². The summed E-state index contributed by atoms with van der Waals surface area (Å²) in [4.78, 5) is 11.0. The van der Waals surface area contributed by atoms with Gasteiger partial charge in [-0.2, -0.15) is 0 Å². The molecule has 0 aromatic heterocycles. The molecule has 3 nitrogen and oxygen atoms in total. The van der Waals surface area contributed by atoms with Gasteiger partial charge < -0.3 is 9.84 Å². The molecule has 100 valence electrons. The molecule has 3 heteroatoms. The van der Waals surface area contributed by atoms with Gasteiger partial charge in [0.15, 0.2) is 0 Å². The van der Waals surface area contributed by atoms with Crippen LogP contribution in [0.5, 0.6) is 5.75 Å². The number of carbonyl (C=O) groups is 1. The highest BCUT2D eigenvalue weighted by atomic mass is 16.5. The maximum atomic E-state index is 11.0. The number of aryl methyl sites for hydroxylation is 2. The van der Waals surface area contributed by atoms with Gasteiger partial charge in [-0.3, -0.25) is 4.79 Å². The van der Waals surface area contributed by atoms with Gasteiger partial charge in [0.2, 0.25) is 0 Å². The van der Waals surface area contributed by atoms with E-state index in [1.165, 1.54) is 0 Å². The molecule has 0 bridgehead atoms. The van der Waals surface area contributed by atoms with Crippen molar-refractivity contribution in [1.29, 1.82) is 0 Å². The number of aliphatic carboxylic acids is 1. The highest BCUT2D eigenvalue weighted by Gasteiger charge is 2.21. The summed E-state index contributed by atoms with van der Waals surface area (Å²) in [5.41, 5.74) is 2.31. The average Bonchev–Trinajstić information content (AvgIpc) is 2.21. The topological polar surface area (TPSA) is 46.5 Å². The standard InChI is InChI=1S/C15H22O3/c1-10(2)14(15(16)17)5-6-18-13-8-11(3)7-12(4)9-13/h7-10,14H,5-6H2,1-4H3,(H,16,17). The molecule has 1 atom stereocenters. The third kappa shape index (κ3) is 4.40. The molecular formula is C15H22O3. The second-order valence-corrected chi connectivity index (χ2v) is 5.15. The first-order valence-electron chi connectivity index (χ1n) is 6.34. The summed E-state index contributed by atoms with van der Waals surface area (Å²) in [6.07, 6.45) is 0.542. The molecule has 0 fully saturated rings. The Morgan fingerprint density at radius 2 is 1.78 bits per heavy atom. The van der Waals surface area contributed by atoms with E-state index in [2.05, 4.69) is 6.07 Å². The van der Waals surface area contributed by atoms with Crippen LogP contribution in [0.3, 0.4) is 0 Å². The third-order valence-electron chi connectivity index (χ3n) is 3.01. The van der Waals surface area contributed by atoms with Gasteiger partial charge in [-0.05, 0) is 49.4 Å². The number of carboxylic acid groups (broad SMARTS) is 1. The Morgan fingerprint density at radius 3 is 2.22 bits per heavy atom. The van der Waals surface area contributed by atoms with Crippen molar-refractivity contribution < 1.29 is 14.6 Å². The second kappa shape index (κ2) is 6.43. The molecular weight excluding hydrogens is 228 g/mol. The van der Waals surface area contributed by atoms with Gasteiger partial charge in [0.05, 0.1) is 12.5 Å². The van der Waals surface area contributed by atoms with Crippen molar-refractivity contribution in [3.05, 3.63) is 29.3 Å². The van der Waals surface area contributed by atoms with Crippen LogP contribution in [0.1, 0.15) is 31.4 Å². The lowest BCUT2D eigenvalue weighted by Crippen LogP contribution is -2.22. The van der Waals surface area contributed by atoms with E-state index in [4.69, 9.17) is 9.84 Å². The Balaban J connectivity index is 2.52. The minimum absolute atomic E-state index is 0.130. The lowest BCUT2D eigenvalue weighted by Gasteiger charge is -2.16. The number of hydrogen-bond donors (Lipinski definition) is 1. The summed E-state index contributed by atoms with van der Waals surface area (Å²) in [5, 5.41) is 9.07. The predicted octanol–water partition coefficient (Wildman–Crippen LogP) is 3.43. The fourth-order valence-corrected chi connectivity index (χ4v) is 2.06. The molecule has 1 unspecified atom stereocenters. The molecule has 0 saturated carbocycles. The van der Waals surface area contributed by atoms with Gasteiger partial charge >= 0.3 is 5.97 Å². The van der Waals surface area contributed by atoms with Crippen LogP contribution in [0.25, 0.3) is 0 Å². The van der Waals surface area contributed by atoms with Gasteiger partial charge in [-0.15, -0.1) is 0 Å². The SMILES string of the molecule is Cc1cc(C)cc(OCCC(C(=O)O)C(C)C)c1. The van der Waals surface area contributed by atoms with E-state index >= 15 is 0 Å². The Hall–Kier alpha value is -1.51. The number of hydrogen-bond acceptors (Lipinski definition) is 2. The van der Waals surface area contributed by atoms with Crippen molar-refractivity contribution >= 4 is 5.97 Å². The van der Waals surface area contributed by atoms with Gasteiger partial charge in [0, 0.05) is 0 Å². The Morgan fingerprint density at radius 1 is 1.22 bits per heavy atom. The van der Waals surface area contributed by atoms with Crippen molar-refractivity contribution in [2.75, 3.05) is 6.61 Å². The number of rotatable bonds is 6. The van der Waals surface area contributed by atoms with Crippen molar-refractivity contribution in [3.8, 4) is 5.75 Å². The second-order valence-electron chi connectivity index (χ2n) is 5.15. The molecule has 0 aliphatic carbocycles. The molecule has 1 aromatic rings. The summed E-state index contributed by atoms with van der Waals surface area (Å²) in [7, 11) is 0. The highest BCUT2D eigenvalue weighted by molar-refractivity contribution is 5.70. The zero-order valence-corrected chi connectivity index (χ0v) is 11.6.